The Morgan fingerprint density at radius 2 is 1.93 bits per heavy atom. The molecule has 0 heterocycles. The molecule has 0 saturated carbocycles. The summed E-state index contributed by atoms with van der Waals surface area (Å²) in [6, 6.07) is 11.2. The number of amides is 1. The molecule has 1 aliphatic rings. The zero-order valence-corrected chi connectivity index (χ0v) is 17.0. The van der Waals surface area contributed by atoms with Gasteiger partial charge in [0.1, 0.15) is 5.75 Å². The van der Waals surface area contributed by atoms with Crippen molar-refractivity contribution in [3.63, 3.8) is 0 Å². The van der Waals surface area contributed by atoms with E-state index in [2.05, 4.69) is 24.2 Å². The Morgan fingerprint density at radius 3 is 2.69 bits per heavy atom. The monoisotopic (exact) mass is 399 g/mol. The lowest BCUT2D eigenvalue weighted by molar-refractivity contribution is -0.474. The summed E-state index contributed by atoms with van der Waals surface area (Å²) in [4.78, 5) is 17.5. The van der Waals surface area contributed by atoms with Crippen LogP contribution in [-0.4, -0.2) is 16.3 Å². The first-order chi connectivity index (χ1) is 14.0. The molecule has 2 aromatic carbocycles. The first-order valence-electron chi connectivity index (χ1n) is 10.2. The van der Waals surface area contributed by atoms with Crippen molar-refractivity contribution in [2.75, 3.05) is 0 Å². The van der Waals surface area contributed by atoms with Gasteiger partial charge >= 0.3 is 0 Å². The van der Waals surface area contributed by atoms with Crippen LogP contribution in [0.25, 0.3) is 10.8 Å². The highest BCUT2D eigenvalue weighted by Crippen LogP contribution is 2.36. The molecule has 29 heavy (non-hydrogen) atoms. The second kappa shape index (κ2) is 9.76. The normalized spacial score (nSPS) is 19.4. The van der Waals surface area contributed by atoms with Gasteiger partial charge in [0, 0.05) is 12.8 Å². The van der Waals surface area contributed by atoms with Crippen LogP contribution >= 0.6 is 0 Å². The zero-order chi connectivity index (χ0) is 20.8. The van der Waals surface area contributed by atoms with Crippen LogP contribution in [0.15, 0.2) is 47.9 Å². The Balaban J connectivity index is 1.63. The van der Waals surface area contributed by atoms with Crippen LogP contribution in [0.3, 0.4) is 0 Å². The molecule has 0 radical (unpaired) electrons. The topological polar surface area (TPSA) is 88.0 Å². The van der Waals surface area contributed by atoms with Crippen LogP contribution in [0.2, 0.25) is 0 Å². The van der Waals surface area contributed by atoms with Crippen LogP contribution in [0.1, 0.15) is 51.5 Å². The molecule has 2 aromatic rings. The van der Waals surface area contributed by atoms with Crippen molar-refractivity contribution in [2.45, 2.75) is 52.4 Å². The minimum atomic E-state index is -0.0917. The van der Waals surface area contributed by atoms with E-state index in [1.807, 2.05) is 24.3 Å². The number of hydrogen-bond acceptors (Lipinski definition) is 5. The van der Waals surface area contributed by atoms with Crippen LogP contribution in [0.4, 0.5) is 0 Å². The smallest absolute Gasteiger partial charge is 0.224 e. The third kappa shape index (κ3) is 5.49. The van der Waals surface area contributed by atoms with Gasteiger partial charge in [0.25, 0.3) is 0 Å². The number of hydrogen-bond donors (Lipinski definition) is 3. The van der Waals surface area contributed by atoms with Crippen molar-refractivity contribution in [1.82, 2.24) is 5.32 Å². The summed E-state index contributed by atoms with van der Waals surface area (Å²) >= 11 is 0. The van der Waals surface area contributed by atoms with E-state index in [-0.39, 0.29) is 11.7 Å². The van der Waals surface area contributed by atoms with Crippen molar-refractivity contribution in [3.8, 4) is 5.75 Å². The number of carbonyl (C=O) groups is 1. The molecule has 0 fully saturated rings. The Morgan fingerprint density at radius 1 is 1.17 bits per heavy atom. The molecular formula is C23H29NO5. The van der Waals surface area contributed by atoms with Crippen LogP contribution < -0.4 is 5.32 Å². The first-order valence-corrected chi connectivity index (χ1v) is 10.2. The Kier molecular flexibility index (Phi) is 7.12. The number of fused-ring (bicyclic) bond motifs is 1. The van der Waals surface area contributed by atoms with Gasteiger partial charge in [0.2, 0.25) is 5.91 Å². The van der Waals surface area contributed by atoms with Crippen LogP contribution in [0.5, 0.6) is 5.75 Å². The predicted octanol–water partition coefficient (Wildman–Crippen LogP) is 5.07. The summed E-state index contributed by atoms with van der Waals surface area (Å²) in [6.45, 7) is 4.32. The molecule has 156 valence electrons. The molecule has 0 aliphatic heterocycles. The van der Waals surface area contributed by atoms with E-state index in [1.165, 1.54) is 0 Å². The van der Waals surface area contributed by atoms with Gasteiger partial charge in [-0.2, -0.15) is 0 Å². The predicted molar refractivity (Wildman–Crippen MR) is 111 cm³/mol. The third-order valence-corrected chi connectivity index (χ3v) is 5.73. The number of carbonyl (C=O) groups excluding carboxylic acids is 1. The van der Waals surface area contributed by atoms with Crippen LogP contribution in [-0.2, 0) is 21.1 Å². The van der Waals surface area contributed by atoms with Crippen molar-refractivity contribution >= 4 is 16.7 Å². The van der Waals surface area contributed by atoms with Crippen molar-refractivity contribution in [2.24, 2.45) is 11.8 Å². The minimum absolute atomic E-state index is 0.0917. The molecule has 3 N–H and O–H groups in total. The number of aromatic hydroxyl groups is 1. The first kappa shape index (κ1) is 21.1. The number of rotatable bonds is 8. The third-order valence-electron chi connectivity index (χ3n) is 5.73. The Bertz CT molecular complexity index is 892. The molecule has 2 unspecified atom stereocenters. The van der Waals surface area contributed by atoms with Gasteiger partial charge in [-0.25, -0.2) is 5.26 Å². The van der Waals surface area contributed by atoms with E-state index in [1.54, 1.807) is 12.1 Å². The highest BCUT2D eigenvalue weighted by Gasteiger charge is 2.29. The molecule has 1 amide bonds. The van der Waals surface area contributed by atoms with Crippen molar-refractivity contribution in [3.05, 3.63) is 53.4 Å². The minimum Gasteiger partial charge on any atom is -0.508 e. The van der Waals surface area contributed by atoms with E-state index in [0.29, 0.717) is 49.0 Å². The maximum atomic E-state index is 12.5. The SMILES string of the molecule is CCCC1CC(OOO)=C(NC(=O)CCc2ccc3cc(O)ccc3c2)CC1C. The maximum absolute atomic E-state index is 12.5. The molecule has 0 bridgehead atoms. The van der Waals surface area contributed by atoms with E-state index in [4.69, 9.17) is 10.1 Å². The molecule has 6 nitrogen and oxygen atoms in total. The fraction of sp³-hybridized carbons (Fsp3) is 0.435. The van der Waals surface area contributed by atoms with Gasteiger partial charge in [0.15, 0.2) is 5.76 Å². The number of phenols is 1. The summed E-state index contributed by atoms with van der Waals surface area (Å²) < 4.78 is 0. The fourth-order valence-electron chi connectivity index (χ4n) is 4.10. The number of aryl methyl sites for hydroxylation is 1. The second-order valence-corrected chi connectivity index (χ2v) is 7.91. The molecule has 2 atom stereocenters. The van der Waals surface area contributed by atoms with Gasteiger partial charge in [-0.1, -0.05) is 51.0 Å². The molecule has 3 rings (SSSR count). The zero-order valence-electron chi connectivity index (χ0n) is 17.0. The average molecular weight is 399 g/mol. The summed E-state index contributed by atoms with van der Waals surface area (Å²) in [7, 11) is 0. The molecule has 0 aromatic heterocycles. The van der Waals surface area contributed by atoms with Gasteiger partial charge in [-0.05, 0) is 58.2 Å². The van der Waals surface area contributed by atoms with E-state index < -0.39 is 0 Å². The maximum Gasteiger partial charge on any atom is 0.224 e. The molecule has 0 saturated heterocycles. The van der Waals surface area contributed by atoms with E-state index in [9.17, 15) is 9.90 Å². The highest BCUT2D eigenvalue weighted by atomic mass is 17.5. The van der Waals surface area contributed by atoms with Gasteiger partial charge in [-0.15, -0.1) is 0 Å². The average Bonchev–Trinajstić information content (AvgIpc) is 2.70. The molecule has 1 aliphatic carbocycles. The van der Waals surface area contributed by atoms with E-state index >= 15 is 0 Å². The molecule has 0 spiro atoms. The summed E-state index contributed by atoms with van der Waals surface area (Å²) in [5.74, 6) is 1.52. The summed E-state index contributed by atoms with van der Waals surface area (Å²) in [6.07, 6.45) is 4.43. The number of benzene rings is 2. The van der Waals surface area contributed by atoms with Gasteiger partial charge in [-0.3, -0.25) is 4.79 Å². The molecule has 6 heteroatoms. The van der Waals surface area contributed by atoms with Gasteiger partial charge in [0.05, 0.1) is 5.70 Å². The standard InChI is InChI=1S/C23H29NO5/c1-3-4-17-14-22(28-29-27)21(11-15(17)2)24-23(26)10-6-16-5-7-19-13-20(25)9-8-18(19)12-16/h5,7-9,12-13,15,17,25,27H,3-4,6,10-11,14H2,1-2H3,(H,24,26). The Labute approximate surface area is 171 Å². The second-order valence-electron chi connectivity index (χ2n) is 7.91. The largest absolute Gasteiger partial charge is 0.508 e. The summed E-state index contributed by atoms with van der Waals surface area (Å²) in [5.41, 5.74) is 1.75. The lowest BCUT2D eigenvalue weighted by atomic mass is 9.79. The number of phenolic OH excluding ortho intramolecular Hbond substituents is 1. The lowest BCUT2D eigenvalue weighted by Gasteiger charge is -2.31. The number of nitrogens with one attached hydrogen (secondary N) is 1. The number of allylic oxidation sites excluding steroid dienone is 2. The summed E-state index contributed by atoms with van der Waals surface area (Å²) in [5, 5.41) is 27.1. The fourth-order valence-corrected chi connectivity index (χ4v) is 4.10. The van der Waals surface area contributed by atoms with E-state index in [0.717, 1.165) is 29.2 Å². The highest BCUT2D eigenvalue weighted by molar-refractivity contribution is 5.84. The van der Waals surface area contributed by atoms with Crippen molar-refractivity contribution in [1.29, 1.82) is 0 Å². The van der Waals surface area contributed by atoms with Crippen molar-refractivity contribution < 1.29 is 25.1 Å². The molecular weight excluding hydrogens is 370 g/mol. The Hall–Kier alpha value is -2.57. The lowest BCUT2D eigenvalue weighted by Crippen LogP contribution is -2.31. The van der Waals surface area contributed by atoms with Gasteiger partial charge < -0.3 is 15.3 Å². The quantitative estimate of drug-likeness (QED) is 0.426. The van der Waals surface area contributed by atoms with Crippen LogP contribution in [0, 0.1) is 11.8 Å².